The summed E-state index contributed by atoms with van der Waals surface area (Å²) in [5.41, 5.74) is 0.703. The van der Waals surface area contributed by atoms with Crippen molar-refractivity contribution in [2.24, 2.45) is 0 Å². The van der Waals surface area contributed by atoms with E-state index in [2.05, 4.69) is 11.3 Å². The number of ether oxygens (including phenoxy) is 1. The monoisotopic (exact) mass is 204 g/mol. The van der Waals surface area contributed by atoms with Gasteiger partial charge in [0.15, 0.2) is 0 Å². The SMILES string of the molecule is C=CC(/C=C\C)=C/C=C/OC(F)(F)F. The minimum Gasteiger partial charge on any atom is -0.414 e. The summed E-state index contributed by atoms with van der Waals surface area (Å²) in [5.74, 6) is 0. The fourth-order valence-electron chi connectivity index (χ4n) is 0.651. The fraction of sp³-hybridized carbons (Fsp3) is 0.200. The third-order valence-electron chi connectivity index (χ3n) is 1.16. The molecule has 0 aromatic carbocycles. The molecule has 0 rings (SSSR count). The summed E-state index contributed by atoms with van der Waals surface area (Å²) in [7, 11) is 0. The van der Waals surface area contributed by atoms with E-state index in [0.29, 0.717) is 11.8 Å². The van der Waals surface area contributed by atoms with E-state index < -0.39 is 6.36 Å². The molecule has 0 aliphatic heterocycles. The van der Waals surface area contributed by atoms with Gasteiger partial charge in [-0.3, -0.25) is 0 Å². The molecule has 0 aromatic rings. The molecule has 0 aliphatic carbocycles. The summed E-state index contributed by atoms with van der Waals surface area (Å²) in [6, 6.07) is 0. The Hall–Kier alpha value is -1.45. The summed E-state index contributed by atoms with van der Waals surface area (Å²) >= 11 is 0. The van der Waals surface area contributed by atoms with Crippen LogP contribution in [0.25, 0.3) is 0 Å². The highest BCUT2D eigenvalue weighted by molar-refractivity contribution is 5.31. The number of allylic oxidation sites excluding steroid dienone is 6. The van der Waals surface area contributed by atoms with Crippen LogP contribution in [-0.2, 0) is 4.74 Å². The maximum atomic E-state index is 11.5. The molecule has 0 radical (unpaired) electrons. The van der Waals surface area contributed by atoms with Crippen molar-refractivity contribution in [1.29, 1.82) is 0 Å². The first-order chi connectivity index (χ1) is 6.49. The molecule has 0 heterocycles. The van der Waals surface area contributed by atoms with E-state index in [-0.39, 0.29) is 0 Å². The highest BCUT2D eigenvalue weighted by Crippen LogP contribution is 2.16. The van der Waals surface area contributed by atoms with Crippen LogP contribution < -0.4 is 0 Å². The van der Waals surface area contributed by atoms with Gasteiger partial charge in [-0.2, -0.15) is 0 Å². The van der Waals surface area contributed by atoms with Crippen LogP contribution in [-0.4, -0.2) is 6.36 Å². The molecule has 14 heavy (non-hydrogen) atoms. The van der Waals surface area contributed by atoms with Crippen molar-refractivity contribution in [2.45, 2.75) is 13.3 Å². The molecule has 1 nitrogen and oxygen atoms in total. The summed E-state index contributed by atoms with van der Waals surface area (Å²) in [5, 5.41) is 0. The molecule has 0 N–H and O–H groups in total. The van der Waals surface area contributed by atoms with Crippen LogP contribution in [0.3, 0.4) is 0 Å². The molecule has 0 amide bonds. The largest absolute Gasteiger partial charge is 0.572 e. The molecule has 0 aliphatic rings. The lowest BCUT2D eigenvalue weighted by atomic mass is 10.2. The molecular weight excluding hydrogens is 193 g/mol. The Morgan fingerprint density at radius 1 is 1.36 bits per heavy atom. The molecule has 0 saturated carbocycles. The van der Waals surface area contributed by atoms with Crippen molar-refractivity contribution in [3.63, 3.8) is 0 Å². The molecule has 0 spiro atoms. The summed E-state index contributed by atoms with van der Waals surface area (Å²) in [4.78, 5) is 0. The van der Waals surface area contributed by atoms with E-state index in [1.807, 2.05) is 0 Å². The van der Waals surface area contributed by atoms with Gasteiger partial charge in [0.05, 0.1) is 6.26 Å². The lowest BCUT2D eigenvalue weighted by Gasteiger charge is -2.01. The molecule has 0 atom stereocenters. The molecule has 0 bridgehead atoms. The molecular formula is C10H11F3O. The maximum absolute atomic E-state index is 11.5. The Bertz CT molecular complexity index is 259. The van der Waals surface area contributed by atoms with Crippen LogP contribution >= 0.6 is 0 Å². The standard InChI is InChI=1S/C10H11F3O/c1-3-6-9(4-2)7-5-8-14-10(11,12)13/h3-8H,2H2,1H3/b6-3-,8-5+,9-7-. The quantitative estimate of drug-likeness (QED) is 0.501. The van der Waals surface area contributed by atoms with Gasteiger partial charge in [-0.05, 0) is 18.6 Å². The molecule has 0 unspecified atom stereocenters. The lowest BCUT2D eigenvalue weighted by Crippen LogP contribution is -2.08. The highest BCUT2D eigenvalue weighted by Gasteiger charge is 2.28. The minimum atomic E-state index is -4.63. The van der Waals surface area contributed by atoms with E-state index in [1.54, 1.807) is 19.1 Å². The number of halogens is 3. The third-order valence-corrected chi connectivity index (χ3v) is 1.16. The normalized spacial score (nSPS) is 13.9. The zero-order valence-electron chi connectivity index (χ0n) is 7.71. The third kappa shape index (κ3) is 7.21. The predicted octanol–water partition coefficient (Wildman–Crippen LogP) is 3.73. The number of alkyl halides is 3. The van der Waals surface area contributed by atoms with E-state index in [4.69, 9.17) is 0 Å². The van der Waals surface area contributed by atoms with Crippen molar-refractivity contribution in [3.05, 3.63) is 48.8 Å². The zero-order chi connectivity index (χ0) is 11.0. The maximum Gasteiger partial charge on any atom is 0.572 e. The van der Waals surface area contributed by atoms with Crippen molar-refractivity contribution in [2.75, 3.05) is 0 Å². The first-order valence-corrected chi connectivity index (χ1v) is 3.86. The van der Waals surface area contributed by atoms with E-state index in [1.165, 1.54) is 12.2 Å². The van der Waals surface area contributed by atoms with Gasteiger partial charge in [0.2, 0.25) is 0 Å². The second kappa shape index (κ2) is 6.07. The summed E-state index contributed by atoms with van der Waals surface area (Å²) in [6.07, 6.45) is 3.56. The smallest absolute Gasteiger partial charge is 0.414 e. The molecule has 78 valence electrons. The van der Waals surface area contributed by atoms with Gasteiger partial charge in [-0.15, -0.1) is 13.2 Å². The number of hydrogen-bond donors (Lipinski definition) is 0. The van der Waals surface area contributed by atoms with Gasteiger partial charge < -0.3 is 4.74 Å². The molecule has 0 saturated heterocycles. The lowest BCUT2D eigenvalue weighted by molar-refractivity contribution is -0.298. The van der Waals surface area contributed by atoms with Crippen LogP contribution in [0.1, 0.15) is 6.92 Å². The molecule has 0 aromatic heterocycles. The van der Waals surface area contributed by atoms with Gasteiger partial charge in [-0.1, -0.05) is 30.9 Å². The Morgan fingerprint density at radius 3 is 2.43 bits per heavy atom. The van der Waals surface area contributed by atoms with E-state index in [9.17, 15) is 13.2 Å². The van der Waals surface area contributed by atoms with Crippen LogP contribution in [0.15, 0.2) is 48.8 Å². The molecule has 0 fully saturated rings. The topological polar surface area (TPSA) is 9.23 Å². The van der Waals surface area contributed by atoms with E-state index >= 15 is 0 Å². The Labute approximate surface area is 80.9 Å². The van der Waals surface area contributed by atoms with Crippen molar-refractivity contribution in [3.8, 4) is 0 Å². The second-order valence-electron chi connectivity index (χ2n) is 2.26. The zero-order valence-corrected chi connectivity index (χ0v) is 7.71. The first-order valence-electron chi connectivity index (χ1n) is 3.86. The van der Waals surface area contributed by atoms with Crippen molar-refractivity contribution >= 4 is 0 Å². The summed E-state index contributed by atoms with van der Waals surface area (Å²) < 4.78 is 37.9. The Morgan fingerprint density at radius 2 is 2.00 bits per heavy atom. The van der Waals surface area contributed by atoms with Gasteiger partial charge in [-0.25, -0.2) is 0 Å². The van der Waals surface area contributed by atoms with Crippen LogP contribution in [0.5, 0.6) is 0 Å². The van der Waals surface area contributed by atoms with Crippen LogP contribution in [0.4, 0.5) is 13.2 Å². The van der Waals surface area contributed by atoms with Crippen LogP contribution in [0, 0.1) is 0 Å². The second-order valence-corrected chi connectivity index (χ2v) is 2.26. The van der Waals surface area contributed by atoms with Crippen molar-refractivity contribution in [1.82, 2.24) is 0 Å². The van der Waals surface area contributed by atoms with Gasteiger partial charge in [0.1, 0.15) is 0 Å². The minimum absolute atomic E-state index is 0.576. The summed E-state index contributed by atoms with van der Waals surface area (Å²) in [6.45, 7) is 5.29. The van der Waals surface area contributed by atoms with Gasteiger partial charge >= 0.3 is 6.36 Å². The van der Waals surface area contributed by atoms with Gasteiger partial charge in [0, 0.05) is 0 Å². The number of rotatable bonds is 4. The predicted molar refractivity (Wildman–Crippen MR) is 49.4 cm³/mol. The number of hydrogen-bond acceptors (Lipinski definition) is 1. The average molecular weight is 204 g/mol. The Kier molecular flexibility index (Phi) is 5.44. The van der Waals surface area contributed by atoms with E-state index in [0.717, 1.165) is 6.08 Å². The molecule has 4 heteroatoms. The first kappa shape index (κ1) is 12.6. The average Bonchev–Trinajstić information content (AvgIpc) is 2.08. The highest BCUT2D eigenvalue weighted by atomic mass is 19.4. The Balaban J connectivity index is 4.18. The van der Waals surface area contributed by atoms with Gasteiger partial charge in [0.25, 0.3) is 0 Å². The fourth-order valence-corrected chi connectivity index (χ4v) is 0.651. The van der Waals surface area contributed by atoms with Crippen molar-refractivity contribution < 1.29 is 17.9 Å². The van der Waals surface area contributed by atoms with Crippen LogP contribution in [0.2, 0.25) is 0 Å².